The molecule has 1 saturated heterocycles. The van der Waals surface area contributed by atoms with Crippen molar-refractivity contribution >= 4 is 0 Å². The van der Waals surface area contributed by atoms with Gasteiger partial charge < -0.3 is 5.32 Å². The number of hydrogen-bond donors (Lipinski definition) is 1. The van der Waals surface area contributed by atoms with Crippen molar-refractivity contribution in [2.45, 2.75) is 32.6 Å². The van der Waals surface area contributed by atoms with Crippen molar-refractivity contribution in [3.63, 3.8) is 0 Å². The van der Waals surface area contributed by atoms with Gasteiger partial charge in [0.15, 0.2) is 0 Å². The first-order valence-electron chi connectivity index (χ1n) is 4.10. The van der Waals surface area contributed by atoms with Gasteiger partial charge in [0.1, 0.15) is 0 Å². The van der Waals surface area contributed by atoms with Crippen LogP contribution < -0.4 is 5.32 Å². The molecule has 0 unspecified atom stereocenters. The molecule has 54 valence electrons. The minimum absolute atomic E-state index is 0.979. The summed E-state index contributed by atoms with van der Waals surface area (Å²) in [5.41, 5.74) is 0. The first-order valence-corrected chi connectivity index (χ1v) is 4.10. The molecular weight excluding hydrogens is 110 g/mol. The Hall–Kier alpha value is -0.0400. The molecule has 1 aliphatic heterocycles. The molecule has 1 nitrogen and oxygen atoms in total. The Kier molecular flexibility index (Phi) is 3.05. The van der Waals surface area contributed by atoms with E-state index in [0.717, 1.165) is 5.92 Å². The molecule has 0 amide bonds. The van der Waals surface area contributed by atoms with Crippen LogP contribution in [0.4, 0.5) is 0 Å². The van der Waals surface area contributed by atoms with E-state index >= 15 is 0 Å². The highest BCUT2D eigenvalue weighted by molar-refractivity contribution is 4.60. The molecule has 1 fully saturated rings. The Morgan fingerprint density at radius 1 is 1.11 bits per heavy atom. The molecule has 1 aliphatic rings. The minimum atomic E-state index is 0.979. The van der Waals surface area contributed by atoms with Gasteiger partial charge in [-0.25, -0.2) is 0 Å². The molecule has 0 aromatic heterocycles. The fourth-order valence-electron chi connectivity index (χ4n) is 1.42. The van der Waals surface area contributed by atoms with E-state index in [-0.39, 0.29) is 0 Å². The average molecular weight is 127 g/mol. The number of nitrogens with one attached hydrogen (secondary N) is 1. The van der Waals surface area contributed by atoms with Crippen LogP contribution in [-0.2, 0) is 0 Å². The largest absolute Gasteiger partial charge is 0.317 e. The highest BCUT2D eigenvalue weighted by Crippen LogP contribution is 2.12. The normalized spacial score (nSPS) is 25.0. The Morgan fingerprint density at radius 3 is 2.22 bits per heavy atom. The number of rotatable bonds is 0. The monoisotopic (exact) mass is 127 g/mol. The maximum absolute atomic E-state index is 3.41. The second kappa shape index (κ2) is 3.89. The van der Waals surface area contributed by atoms with E-state index in [1.165, 1.54) is 38.8 Å². The van der Waals surface area contributed by atoms with E-state index in [4.69, 9.17) is 0 Å². The zero-order chi connectivity index (χ0) is 6.53. The highest BCUT2D eigenvalue weighted by atomic mass is 14.8. The van der Waals surface area contributed by atoms with E-state index in [2.05, 4.69) is 12.2 Å². The number of hydrogen-bond acceptors (Lipinski definition) is 1. The summed E-state index contributed by atoms with van der Waals surface area (Å²) in [6, 6.07) is 0. The summed E-state index contributed by atoms with van der Waals surface area (Å²) in [6.07, 6.45) is 5.60. The van der Waals surface area contributed by atoms with Crippen molar-refractivity contribution in [2.24, 2.45) is 5.92 Å². The molecule has 0 atom stereocenters. The Morgan fingerprint density at radius 2 is 1.67 bits per heavy atom. The average Bonchev–Trinajstić information content (AvgIpc) is 1.79. The van der Waals surface area contributed by atoms with E-state index < -0.39 is 0 Å². The summed E-state index contributed by atoms with van der Waals surface area (Å²) in [7, 11) is 0. The van der Waals surface area contributed by atoms with Gasteiger partial charge in [-0.1, -0.05) is 6.92 Å². The molecule has 0 radical (unpaired) electrons. The molecule has 9 heavy (non-hydrogen) atoms. The van der Waals surface area contributed by atoms with Gasteiger partial charge in [0.25, 0.3) is 0 Å². The van der Waals surface area contributed by atoms with Crippen molar-refractivity contribution in [2.75, 3.05) is 13.1 Å². The first kappa shape index (κ1) is 7.07. The highest BCUT2D eigenvalue weighted by Gasteiger charge is 2.03. The van der Waals surface area contributed by atoms with Crippen molar-refractivity contribution in [3.05, 3.63) is 0 Å². The van der Waals surface area contributed by atoms with Crippen LogP contribution in [-0.4, -0.2) is 13.1 Å². The van der Waals surface area contributed by atoms with Crippen LogP contribution in [0.1, 0.15) is 32.6 Å². The predicted molar refractivity (Wildman–Crippen MR) is 40.5 cm³/mol. The molecule has 1 rings (SSSR count). The lowest BCUT2D eigenvalue weighted by Crippen LogP contribution is -2.20. The fraction of sp³-hybridized carbons (Fsp3) is 1.00. The van der Waals surface area contributed by atoms with Crippen molar-refractivity contribution < 1.29 is 0 Å². The molecule has 1 heterocycles. The third-order valence-electron chi connectivity index (χ3n) is 2.10. The van der Waals surface area contributed by atoms with Crippen LogP contribution in [0.2, 0.25) is 0 Å². The summed E-state index contributed by atoms with van der Waals surface area (Å²) in [5, 5.41) is 3.41. The maximum atomic E-state index is 3.41. The van der Waals surface area contributed by atoms with Crippen LogP contribution >= 0.6 is 0 Å². The molecule has 0 spiro atoms. The lowest BCUT2D eigenvalue weighted by molar-refractivity contribution is 0.414. The third-order valence-corrected chi connectivity index (χ3v) is 2.10. The van der Waals surface area contributed by atoms with Crippen molar-refractivity contribution in [1.82, 2.24) is 5.32 Å². The zero-order valence-corrected chi connectivity index (χ0v) is 6.32. The Bertz CT molecular complexity index is 63.0. The molecule has 1 N–H and O–H groups in total. The molecule has 0 aliphatic carbocycles. The van der Waals surface area contributed by atoms with Crippen LogP contribution in [0.25, 0.3) is 0 Å². The maximum Gasteiger partial charge on any atom is -0.00488 e. The van der Waals surface area contributed by atoms with Gasteiger partial charge in [0, 0.05) is 0 Å². The summed E-state index contributed by atoms with van der Waals surface area (Å²) in [5.74, 6) is 0.979. The minimum Gasteiger partial charge on any atom is -0.317 e. The second-order valence-corrected chi connectivity index (χ2v) is 3.14. The topological polar surface area (TPSA) is 12.0 Å². The molecule has 0 saturated carbocycles. The predicted octanol–water partition coefficient (Wildman–Crippen LogP) is 1.79. The van der Waals surface area contributed by atoms with Gasteiger partial charge in [-0.3, -0.25) is 0 Å². The third kappa shape index (κ3) is 2.85. The second-order valence-electron chi connectivity index (χ2n) is 3.14. The Balaban J connectivity index is 2.12. The van der Waals surface area contributed by atoms with Gasteiger partial charge in [0.05, 0.1) is 0 Å². The molecule has 0 aromatic carbocycles. The summed E-state index contributed by atoms with van der Waals surface area (Å²) < 4.78 is 0. The van der Waals surface area contributed by atoms with E-state index in [0.29, 0.717) is 0 Å². The lowest BCUT2D eigenvalue weighted by atomic mass is 9.98. The van der Waals surface area contributed by atoms with Gasteiger partial charge in [-0.2, -0.15) is 0 Å². The van der Waals surface area contributed by atoms with E-state index in [1.54, 1.807) is 0 Å². The molecule has 1 heteroatoms. The summed E-state index contributed by atoms with van der Waals surface area (Å²) in [6.45, 7) is 4.85. The van der Waals surface area contributed by atoms with Crippen molar-refractivity contribution in [1.29, 1.82) is 0 Å². The van der Waals surface area contributed by atoms with Crippen LogP contribution in [0.15, 0.2) is 0 Å². The molecule has 0 aromatic rings. The smallest absolute Gasteiger partial charge is 0.00488 e. The van der Waals surface area contributed by atoms with Gasteiger partial charge >= 0.3 is 0 Å². The van der Waals surface area contributed by atoms with Gasteiger partial charge in [0.2, 0.25) is 0 Å². The summed E-state index contributed by atoms with van der Waals surface area (Å²) in [4.78, 5) is 0. The summed E-state index contributed by atoms with van der Waals surface area (Å²) >= 11 is 0. The van der Waals surface area contributed by atoms with E-state index in [9.17, 15) is 0 Å². The van der Waals surface area contributed by atoms with Gasteiger partial charge in [-0.15, -0.1) is 0 Å². The lowest BCUT2D eigenvalue weighted by Gasteiger charge is -2.15. The SMILES string of the molecule is CC1CCCNCCC1. The molecular formula is C8H17N. The fourth-order valence-corrected chi connectivity index (χ4v) is 1.42. The standard InChI is InChI=1S/C8H17N/c1-8-4-2-6-9-7-3-5-8/h8-9H,2-7H2,1H3. The van der Waals surface area contributed by atoms with Crippen LogP contribution in [0, 0.1) is 5.92 Å². The Labute approximate surface area is 57.8 Å². The van der Waals surface area contributed by atoms with Crippen LogP contribution in [0.3, 0.4) is 0 Å². The van der Waals surface area contributed by atoms with Gasteiger partial charge in [-0.05, 0) is 44.7 Å². The molecule has 0 bridgehead atoms. The first-order chi connectivity index (χ1) is 4.39. The quantitative estimate of drug-likeness (QED) is 0.523. The van der Waals surface area contributed by atoms with E-state index in [1.807, 2.05) is 0 Å². The van der Waals surface area contributed by atoms with Crippen LogP contribution in [0.5, 0.6) is 0 Å². The zero-order valence-electron chi connectivity index (χ0n) is 6.32. The van der Waals surface area contributed by atoms with Crippen molar-refractivity contribution in [3.8, 4) is 0 Å².